The maximum atomic E-state index is 12.4. The molecule has 0 aliphatic carbocycles. The minimum atomic E-state index is -3.79. The fourth-order valence-corrected chi connectivity index (χ4v) is 3.17. The van der Waals surface area contributed by atoms with Gasteiger partial charge in [-0.2, -0.15) is 4.31 Å². The first-order chi connectivity index (χ1) is 9.07. The van der Waals surface area contributed by atoms with Gasteiger partial charge in [0, 0.05) is 32.0 Å². The highest BCUT2D eigenvalue weighted by molar-refractivity contribution is 7.89. The molecule has 1 aromatic heterocycles. The van der Waals surface area contributed by atoms with Gasteiger partial charge >= 0.3 is 0 Å². The molecule has 0 aromatic carbocycles. The Labute approximate surface area is 112 Å². The van der Waals surface area contributed by atoms with Crippen molar-refractivity contribution >= 4 is 15.7 Å². The lowest BCUT2D eigenvalue weighted by atomic mass is 10.4. The quantitative estimate of drug-likeness (QED) is 0.595. The Hall–Kier alpha value is -1.22. The summed E-state index contributed by atoms with van der Waals surface area (Å²) in [5.41, 5.74) is 0.457. The molecule has 0 amide bonds. The van der Waals surface area contributed by atoms with Crippen molar-refractivity contribution in [2.45, 2.75) is 11.8 Å². The number of nitrogens with one attached hydrogen (secondary N) is 1. The van der Waals surface area contributed by atoms with E-state index in [1.807, 2.05) is 6.92 Å². The normalized spacial score (nSPS) is 11.8. The molecule has 0 fully saturated rings. The van der Waals surface area contributed by atoms with Gasteiger partial charge in [-0.1, -0.05) is 0 Å². The molecule has 0 saturated heterocycles. The molecule has 7 nitrogen and oxygen atoms in total. The molecule has 0 aliphatic heterocycles. The lowest BCUT2D eigenvalue weighted by Gasteiger charge is -2.21. The van der Waals surface area contributed by atoms with Crippen LogP contribution in [0.1, 0.15) is 6.92 Å². The number of sulfonamides is 1. The van der Waals surface area contributed by atoms with Crippen LogP contribution in [0.15, 0.2) is 23.4 Å². The van der Waals surface area contributed by atoms with Crippen molar-refractivity contribution in [2.24, 2.45) is 0 Å². The number of nitrogens with zero attached hydrogens (tertiary/aromatic N) is 2. The minimum Gasteiger partial charge on any atom is -0.395 e. The van der Waals surface area contributed by atoms with Crippen molar-refractivity contribution in [1.82, 2.24) is 9.29 Å². The number of anilines is 1. The van der Waals surface area contributed by atoms with Crippen LogP contribution in [0.5, 0.6) is 0 Å². The van der Waals surface area contributed by atoms with E-state index in [2.05, 4.69) is 10.3 Å². The predicted octanol–water partition coefficient (Wildman–Crippen LogP) is -0.511. The second-order valence-corrected chi connectivity index (χ2v) is 5.66. The number of aromatic nitrogens is 1. The summed E-state index contributed by atoms with van der Waals surface area (Å²) in [6, 6.07) is 1.58. The van der Waals surface area contributed by atoms with Crippen LogP contribution in [0.4, 0.5) is 5.69 Å². The number of hydrogen-bond donors (Lipinski definition) is 3. The molecule has 0 bridgehead atoms. The zero-order chi connectivity index (χ0) is 14.3. The van der Waals surface area contributed by atoms with E-state index in [1.165, 1.54) is 12.4 Å². The molecule has 3 N–H and O–H groups in total. The molecule has 1 heterocycles. The van der Waals surface area contributed by atoms with E-state index in [9.17, 15) is 8.42 Å². The van der Waals surface area contributed by atoms with Crippen LogP contribution in [-0.2, 0) is 10.0 Å². The van der Waals surface area contributed by atoms with Crippen LogP contribution < -0.4 is 5.32 Å². The monoisotopic (exact) mass is 289 g/mol. The highest BCUT2D eigenvalue weighted by atomic mass is 32.2. The van der Waals surface area contributed by atoms with Crippen molar-refractivity contribution in [3.8, 4) is 0 Å². The van der Waals surface area contributed by atoms with Crippen LogP contribution in [-0.4, -0.2) is 60.8 Å². The molecular weight excluding hydrogens is 270 g/mol. The van der Waals surface area contributed by atoms with Gasteiger partial charge in [0.2, 0.25) is 10.0 Å². The zero-order valence-electron chi connectivity index (χ0n) is 10.8. The molecule has 8 heteroatoms. The SMILES string of the molecule is CCNc1ccncc1S(=O)(=O)N(CCO)CCO. The van der Waals surface area contributed by atoms with Crippen molar-refractivity contribution in [3.63, 3.8) is 0 Å². The first kappa shape index (κ1) is 15.8. The van der Waals surface area contributed by atoms with E-state index in [0.29, 0.717) is 12.2 Å². The van der Waals surface area contributed by atoms with E-state index in [0.717, 1.165) is 4.31 Å². The summed E-state index contributed by atoms with van der Waals surface area (Å²) < 4.78 is 25.9. The molecule has 108 valence electrons. The number of rotatable bonds is 8. The van der Waals surface area contributed by atoms with Gasteiger partial charge in [-0.25, -0.2) is 8.42 Å². The topological polar surface area (TPSA) is 103 Å². The van der Waals surface area contributed by atoms with Gasteiger partial charge in [0.15, 0.2) is 0 Å². The summed E-state index contributed by atoms with van der Waals surface area (Å²) in [5.74, 6) is 0. The number of aliphatic hydroxyl groups is 2. The van der Waals surface area contributed by atoms with Crippen LogP contribution in [0.25, 0.3) is 0 Å². The fraction of sp³-hybridized carbons (Fsp3) is 0.545. The highest BCUT2D eigenvalue weighted by Gasteiger charge is 2.26. The molecule has 0 unspecified atom stereocenters. The number of pyridine rings is 1. The second-order valence-electron chi connectivity index (χ2n) is 3.75. The Bertz CT molecular complexity index is 486. The lowest BCUT2D eigenvalue weighted by Crippen LogP contribution is -2.36. The Balaban J connectivity index is 3.16. The van der Waals surface area contributed by atoms with Crippen molar-refractivity contribution < 1.29 is 18.6 Å². The summed E-state index contributed by atoms with van der Waals surface area (Å²) in [4.78, 5) is 3.87. The van der Waals surface area contributed by atoms with Crippen molar-refractivity contribution in [3.05, 3.63) is 18.5 Å². The molecule has 0 atom stereocenters. The Morgan fingerprint density at radius 2 is 1.95 bits per heavy atom. The van der Waals surface area contributed by atoms with Gasteiger partial charge < -0.3 is 15.5 Å². The fourth-order valence-electron chi connectivity index (χ4n) is 1.64. The van der Waals surface area contributed by atoms with Gasteiger partial charge in [-0.3, -0.25) is 4.98 Å². The van der Waals surface area contributed by atoms with Gasteiger partial charge in [0.05, 0.1) is 18.9 Å². The van der Waals surface area contributed by atoms with Crippen LogP contribution in [0.3, 0.4) is 0 Å². The number of hydrogen-bond acceptors (Lipinski definition) is 6. The van der Waals surface area contributed by atoms with E-state index in [1.54, 1.807) is 6.07 Å². The van der Waals surface area contributed by atoms with E-state index in [4.69, 9.17) is 10.2 Å². The van der Waals surface area contributed by atoms with Crippen LogP contribution in [0, 0.1) is 0 Å². The van der Waals surface area contributed by atoms with Crippen molar-refractivity contribution in [2.75, 3.05) is 38.2 Å². The summed E-state index contributed by atoms with van der Waals surface area (Å²) in [5, 5.41) is 20.8. The minimum absolute atomic E-state index is 0.0405. The summed E-state index contributed by atoms with van der Waals surface area (Å²) >= 11 is 0. The first-order valence-corrected chi connectivity index (χ1v) is 7.41. The summed E-state index contributed by atoms with van der Waals surface area (Å²) in [6.45, 7) is 1.68. The Morgan fingerprint density at radius 1 is 1.32 bits per heavy atom. The van der Waals surface area contributed by atoms with Gasteiger partial charge in [-0.15, -0.1) is 0 Å². The second kappa shape index (κ2) is 7.39. The Morgan fingerprint density at radius 3 is 2.47 bits per heavy atom. The van der Waals surface area contributed by atoms with Crippen molar-refractivity contribution in [1.29, 1.82) is 0 Å². The highest BCUT2D eigenvalue weighted by Crippen LogP contribution is 2.23. The molecule has 0 saturated carbocycles. The predicted molar refractivity (Wildman–Crippen MR) is 71.3 cm³/mol. The number of aliphatic hydroxyl groups excluding tert-OH is 2. The van der Waals surface area contributed by atoms with Crippen LogP contribution in [0.2, 0.25) is 0 Å². The summed E-state index contributed by atoms with van der Waals surface area (Å²) in [7, 11) is -3.79. The molecule has 0 aliphatic rings. The average molecular weight is 289 g/mol. The van der Waals surface area contributed by atoms with Gasteiger partial charge in [0.1, 0.15) is 4.90 Å². The largest absolute Gasteiger partial charge is 0.395 e. The average Bonchev–Trinajstić information content (AvgIpc) is 2.39. The maximum Gasteiger partial charge on any atom is 0.246 e. The lowest BCUT2D eigenvalue weighted by molar-refractivity contribution is 0.217. The third kappa shape index (κ3) is 3.87. The smallest absolute Gasteiger partial charge is 0.246 e. The van der Waals surface area contributed by atoms with E-state index >= 15 is 0 Å². The molecular formula is C11H19N3O4S. The summed E-state index contributed by atoms with van der Waals surface area (Å²) in [6.07, 6.45) is 2.76. The van der Waals surface area contributed by atoms with Gasteiger partial charge in [0.25, 0.3) is 0 Å². The van der Waals surface area contributed by atoms with E-state index < -0.39 is 10.0 Å². The standard InChI is InChI=1S/C11H19N3O4S/c1-2-13-10-3-4-12-9-11(10)19(17,18)14(5-7-15)6-8-16/h3-4,9,15-16H,2,5-8H2,1H3,(H,12,13). The molecule has 0 spiro atoms. The molecule has 19 heavy (non-hydrogen) atoms. The third-order valence-electron chi connectivity index (χ3n) is 2.47. The first-order valence-electron chi connectivity index (χ1n) is 5.97. The maximum absolute atomic E-state index is 12.4. The molecule has 1 rings (SSSR count). The van der Waals surface area contributed by atoms with E-state index in [-0.39, 0.29) is 31.2 Å². The Kier molecular flexibility index (Phi) is 6.16. The van der Waals surface area contributed by atoms with Gasteiger partial charge in [-0.05, 0) is 13.0 Å². The molecule has 1 aromatic rings. The zero-order valence-corrected chi connectivity index (χ0v) is 11.6. The van der Waals surface area contributed by atoms with Crippen LogP contribution >= 0.6 is 0 Å². The molecule has 0 radical (unpaired) electrons. The third-order valence-corrected chi connectivity index (χ3v) is 4.39.